The summed E-state index contributed by atoms with van der Waals surface area (Å²) < 4.78 is 44.3. The summed E-state index contributed by atoms with van der Waals surface area (Å²) in [6.45, 7) is 0.113. The third kappa shape index (κ3) is 6.98. The van der Waals surface area contributed by atoms with Crippen LogP contribution in [0.15, 0.2) is 48.2 Å². The van der Waals surface area contributed by atoms with Crippen LogP contribution in [0.3, 0.4) is 0 Å². The lowest BCUT2D eigenvalue weighted by atomic mass is 10.1. The van der Waals surface area contributed by atoms with Gasteiger partial charge in [-0.25, -0.2) is 9.78 Å². The molecule has 14 heteroatoms. The highest BCUT2D eigenvalue weighted by atomic mass is 35.5. The zero-order valence-electron chi connectivity index (χ0n) is 18.9. The maximum Gasteiger partial charge on any atom is 0.434 e. The topological polar surface area (TPSA) is 144 Å². The smallest absolute Gasteiger partial charge is 0.434 e. The number of rotatable bonds is 7. The van der Waals surface area contributed by atoms with Gasteiger partial charge in [-0.1, -0.05) is 35.1 Å². The Morgan fingerprint density at radius 3 is 2.54 bits per heavy atom. The first kappa shape index (κ1) is 27.5. The van der Waals surface area contributed by atoms with Crippen molar-refractivity contribution < 1.29 is 37.4 Å². The van der Waals surface area contributed by atoms with Crippen molar-refractivity contribution in [2.45, 2.75) is 12.7 Å². The van der Waals surface area contributed by atoms with Crippen LogP contribution in [0.1, 0.15) is 36.9 Å². The molecule has 0 aliphatic heterocycles. The number of methoxy groups -OCH3 is 1. The van der Waals surface area contributed by atoms with Crippen LogP contribution in [0.2, 0.25) is 5.02 Å². The summed E-state index contributed by atoms with van der Waals surface area (Å²) in [6, 6.07) is 9.99. The van der Waals surface area contributed by atoms with Gasteiger partial charge < -0.3 is 26.2 Å². The number of aromatic nitrogens is 1. The van der Waals surface area contributed by atoms with Crippen LogP contribution in [0.5, 0.6) is 5.75 Å². The van der Waals surface area contributed by atoms with Crippen LogP contribution in [0, 0.1) is 0 Å². The number of nitrogens with two attached hydrogens (primary N) is 1. The van der Waals surface area contributed by atoms with Crippen LogP contribution < -0.4 is 16.4 Å². The summed E-state index contributed by atoms with van der Waals surface area (Å²) in [5, 5.41) is 13.7. The summed E-state index contributed by atoms with van der Waals surface area (Å²) in [7, 11) is 0.977. The standard InChI is InChI=1S/C23H18ClF3N4O5S/c1-36-21(35)16(9-17-18(23(25,26)27)31-22(28)37-17)30-20(34)14-6-5-12(8-15(14)24)19(33)29-10-11-3-2-4-13(32)7-11/h2-9,32H,10H2,1H3,(H2,28,31)(H,29,33)(H,30,34)/b16-9-. The van der Waals surface area contributed by atoms with E-state index in [0.717, 1.165) is 13.2 Å². The number of amides is 2. The molecule has 5 N–H and O–H groups in total. The molecule has 194 valence electrons. The normalized spacial score (nSPS) is 11.6. The summed E-state index contributed by atoms with van der Waals surface area (Å²) in [5.74, 6) is -2.55. The number of carbonyl (C=O) groups excluding carboxylic acids is 3. The number of hydrogen-bond donors (Lipinski definition) is 4. The molecule has 0 saturated heterocycles. The second-order valence-corrected chi connectivity index (χ2v) is 8.78. The van der Waals surface area contributed by atoms with Gasteiger partial charge in [0.05, 0.1) is 22.6 Å². The van der Waals surface area contributed by atoms with Crippen molar-refractivity contribution in [2.75, 3.05) is 12.8 Å². The molecule has 0 unspecified atom stereocenters. The van der Waals surface area contributed by atoms with Crippen LogP contribution in [0.25, 0.3) is 6.08 Å². The average Bonchev–Trinajstić information content (AvgIpc) is 3.22. The lowest BCUT2D eigenvalue weighted by Crippen LogP contribution is -2.28. The summed E-state index contributed by atoms with van der Waals surface area (Å²) in [4.78, 5) is 40.1. The van der Waals surface area contributed by atoms with Gasteiger partial charge in [-0.2, -0.15) is 13.2 Å². The number of benzene rings is 2. The highest BCUT2D eigenvalue weighted by Crippen LogP contribution is 2.36. The Bertz CT molecular complexity index is 1390. The number of halogens is 4. The first-order chi connectivity index (χ1) is 17.4. The number of aromatic hydroxyl groups is 1. The molecule has 0 saturated carbocycles. The second-order valence-electron chi connectivity index (χ2n) is 7.31. The third-order valence-corrected chi connectivity index (χ3v) is 5.85. The number of carbonyl (C=O) groups is 3. The molecule has 0 radical (unpaired) electrons. The first-order valence-electron chi connectivity index (χ1n) is 10.2. The molecule has 0 bridgehead atoms. The molecule has 37 heavy (non-hydrogen) atoms. The number of phenolic OH excluding ortho intramolecular Hbond substituents is 1. The highest BCUT2D eigenvalue weighted by molar-refractivity contribution is 7.16. The van der Waals surface area contributed by atoms with E-state index in [0.29, 0.717) is 16.9 Å². The van der Waals surface area contributed by atoms with Crippen molar-refractivity contribution >= 4 is 51.9 Å². The van der Waals surface area contributed by atoms with E-state index in [4.69, 9.17) is 17.3 Å². The van der Waals surface area contributed by atoms with Gasteiger partial charge in [-0.15, -0.1) is 0 Å². The Labute approximate surface area is 216 Å². The largest absolute Gasteiger partial charge is 0.508 e. The number of phenols is 1. The van der Waals surface area contributed by atoms with E-state index in [-0.39, 0.29) is 28.4 Å². The lowest BCUT2D eigenvalue weighted by Gasteiger charge is -2.11. The van der Waals surface area contributed by atoms with Crippen molar-refractivity contribution in [1.82, 2.24) is 15.6 Å². The fourth-order valence-electron chi connectivity index (χ4n) is 3.02. The van der Waals surface area contributed by atoms with Crippen LogP contribution in [-0.4, -0.2) is 35.0 Å². The lowest BCUT2D eigenvalue weighted by molar-refractivity contribution is -0.141. The Morgan fingerprint density at radius 2 is 1.92 bits per heavy atom. The molecule has 2 amide bonds. The van der Waals surface area contributed by atoms with Gasteiger partial charge in [0.15, 0.2) is 10.8 Å². The number of nitrogen functional groups attached to an aromatic ring is 1. The molecule has 0 aliphatic carbocycles. The Hall–Kier alpha value is -4.10. The fraction of sp³-hybridized carbons (Fsp3) is 0.130. The van der Waals surface area contributed by atoms with Gasteiger partial charge in [-0.3, -0.25) is 9.59 Å². The summed E-state index contributed by atoms with van der Waals surface area (Å²) in [6.07, 6.45) is -4.11. The van der Waals surface area contributed by atoms with Crippen LogP contribution in [0.4, 0.5) is 18.3 Å². The Balaban J connectivity index is 1.80. The fourth-order valence-corrected chi connectivity index (χ4v) is 4.08. The third-order valence-electron chi connectivity index (χ3n) is 4.71. The molecule has 1 aromatic heterocycles. The Kier molecular flexibility index (Phi) is 8.40. The molecule has 3 rings (SSSR count). The second kappa shape index (κ2) is 11.3. The number of ether oxygens (including phenoxy) is 1. The van der Waals surface area contributed by atoms with Crippen molar-refractivity contribution in [2.24, 2.45) is 0 Å². The Morgan fingerprint density at radius 1 is 1.19 bits per heavy atom. The van der Waals surface area contributed by atoms with E-state index >= 15 is 0 Å². The number of esters is 1. The van der Waals surface area contributed by atoms with Gasteiger partial charge in [-0.05, 0) is 42.0 Å². The van der Waals surface area contributed by atoms with Gasteiger partial charge >= 0.3 is 12.1 Å². The highest BCUT2D eigenvalue weighted by Gasteiger charge is 2.37. The quantitative estimate of drug-likeness (QED) is 0.255. The van der Waals surface area contributed by atoms with Crippen molar-refractivity contribution in [3.63, 3.8) is 0 Å². The number of anilines is 1. The van der Waals surface area contributed by atoms with E-state index in [2.05, 4.69) is 20.4 Å². The predicted octanol–water partition coefficient (Wildman–Crippen LogP) is 3.98. The molecular formula is C23H18ClF3N4O5S. The summed E-state index contributed by atoms with van der Waals surface area (Å²) >= 11 is 6.63. The molecule has 1 heterocycles. The van der Waals surface area contributed by atoms with E-state index in [1.165, 1.54) is 30.3 Å². The van der Waals surface area contributed by atoms with Crippen LogP contribution in [-0.2, 0) is 22.3 Å². The number of nitrogens with zero attached hydrogens (tertiary/aromatic N) is 1. The van der Waals surface area contributed by atoms with E-state index < -0.39 is 45.4 Å². The SMILES string of the molecule is COC(=O)/C(=C/c1sc(N)nc1C(F)(F)F)NC(=O)c1ccc(C(=O)NCc2cccc(O)c2)cc1Cl. The van der Waals surface area contributed by atoms with Gasteiger partial charge in [0, 0.05) is 12.1 Å². The minimum atomic E-state index is -4.86. The molecular weight excluding hydrogens is 537 g/mol. The van der Waals surface area contributed by atoms with Crippen molar-refractivity contribution in [1.29, 1.82) is 0 Å². The maximum atomic E-state index is 13.2. The molecule has 0 aliphatic rings. The zero-order chi connectivity index (χ0) is 27.3. The molecule has 3 aromatic rings. The van der Waals surface area contributed by atoms with E-state index in [1.807, 2.05) is 0 Å². The van der Waals surface area contributed by atoms with Gasteiger partial charge in [0.2, 0.25) is 0 Å². The first-order valence-corrected chi connectivity index (χ1v) is 11.4. The maximum absolute atomic E-state index is 13.2. The minimum absolute atomic E-state index is 0.0407. The van der Waals surface area contributed by atoms with E-state index in [9.17, 15) is 32.7 Å². The van der Waals surface area contributed by atoms with Crippen molar-refractivity contribution in [3.8, 4) is 5.75 Å². The zero-order valence-corrected chi connectivity index (χ0v) is 20.4. The summed E-state index contributed by atoms with van der Waals surface area (Å²) in [5.41, 5.74) is 4.03. The minimum Gasteiger partial charge on any atom is -0.508 e. The molecule has 0 fully saturated rings. The van der Waals surface area contributed by atoms with Gasteiger partial charge in [0.25, 0.3) is 11.8 Å². The van der Waals surface area contributed by atoms with Gasteiger partial charge in [0.1, 0.15) is 11.4 Å². The molecule has 0 atom stereocenters. The number of thiazole rings is 1. The monoisotopic (exact) mass is 554 g/mol. The number of hydrogen-bond acceptors (Lipinski definition) is 8. The number of nitrogens with one attached hydrogen (secondary N) is 2. The average molecular weight is 555 g/mol. The number of alkyl halides is 3. The van der Waals surface area contributed by atoms with Crippen LogP contribution >= 0.6 is 22.9 Å². The van der Waals surface area contributed by atoms with E-state index in [1.54, 1.807) is 12.1 Å². The predicted molar refractivity (Wildman–Crippen MR) is 130 cm³/mol. The van der Waals surface area contributed by atoms with Crippen molar-refractivity contribution in [3.05, 3.63) is 80.4 Å². The molecule has 2 aromatic carbocycles. The molecule has 9 nitrogen and oxygen atoms in total. The molecule has 0 spiro atoms.